The second kappa shape index (κ2) is 6.97. The lowest BCUT2D eigenvalue weighted by molar-refractivity contribution is 0.0709. The van der Waals surface area contributed by atoms with Crippen LogP contribution in [0, 0.1) is 0 Å². The molecule has 1 aliphatic rings. The van der Waals surface area contributed by atoms with Gasteiger partial charge in [0.2, 0.25) is 0 Å². The van der Waals surface area contributed by atoms with Crippen molar-refractivity contribution in [3.8, 4) is 0 Å². The quantitative estimate of drug-likeness (QED) is 0.874. The Morgan fingerprint density at radius 3 is 2.65 bits per heavy atom. The summed E-state index contributed by atoms with van der Waals surface area (Å²) in [4.78, 5) is 2.58. The second-order valence-electron chi connectivity index (χ2n) is 6.00. The van der Waals surface area contributed by atoms with Gasteiger partial charge >= 0.3 is 0 Å². The molecule has 1 aromatic carbocycles. The van der Waals surface area contributed by atoms with Crippen molar-refractivity contribution in [2.24, 2.45) is 5.73 Å². The monoisotopic (exact) mass is 292 g/mol. The Morgan fingerprint density at radius 1 is 1.35 bits per heavy atom. The third kappa shape index (κ3) is 3.05. The molecule has 0 heterocycles. The van der Waals surface area contributed by atoms with Gasteiger partial charge in [0.1, 0.15) is 0 Å². The molecule has 0 saturated carbocycles. The number of benzene rings is 1. The molecule has 0 amide bonds. The van der Waals surface area contributed by atoms with Gasteiger partial charge in [-0.25, -0.2) is 0 Å². The van der Waals surface area contributed by atoms with Crippen molar-refractivity contribution in [1.82, 2.24) is 4.90 Å². The fourth-order valence-electron chi connectivity index (χ4n) is 3.49. The second-order valence-corrected chi connectivity index (χ2v) is 6.91. The summed E-state index contributed by atoms with van der Waals surface area (Å²) in [5, 5.41) is 0. The lowest BCUT2D eigenvalue weighted by atomic mass is 9.76. The minimum absolute atomic E-state index is 0.144. The topological polar surface area (TPSA) is 29.3 Å². The van der Waals surface area contributed by atoms with Gasteiger partial charge in [-0.3, -0.25) is 4.90 Å². The molecule has 0 saturated heterocycles. The van der Waals surface area contributed by atoms with Gasteiger partial charge < -0.3 is 5.73 Å². The van der Waals surface area contributed by atoms with Crippen molar-refractivity contribution in [3.05, 3.63) is 35.4 Å². The van der Waals surface area contributed by atoms with E-state index in [1.54, 1.807) is 0 Å². The molecule has 2 rings (SSSR count). The first-order valence-electron chi connectivity index (χ1n) is 7.65. The number of rotatable bonds is 6. The molecule has 0 radical (unpaired) electrons. The number of fused-ring (bicyclic) bond motifs is 1. The van der Waals surface area contributed by atoms with Gasteiger partial charge in [0, 0.05) is 23.9 Å². The molecule has 112 valence electrons. The molecule has 0 aliphatic heterocycles. The Morgan fingerprint density at radius 2 is 2.05 bits per heavy atom. The maximum absolute atomic E-state index is 6.24. The summed E-state index contributed by atoms with van der Waals surface area (Å²) < 4.78 is 0. The van der Waals surface area contributed by atoms with Crippen molar-refractivity contribution in [2.75, 3.05) is 25.6 Å². The highest BCUT2D eigenvalue weighted by Crippen LogP contribution is 2.34. The number of likely N-dealkylation sites (N-methyl/N-ethyl adjacent to an activating group) is 1. The summed E-state index contributed by atoms with van der Waals surface area (Å²) in [5.74, 6) is 1.19. The normalized spacial score (nSPS) is 23.6. The molecule has 2 atom stereocenters. The van der Waals surface area contributed by atoms with E-state index in [0.717, 1.165) is 19.4 Å². The van der Waals surface area contributed by atoms with Crippen LogP contribution in [0.4, 0.5) is 0 Å². The van der Waals surface area contributed by atoms with Crippen molar-refractivity contribution >= 4 is 11.8 Å². The fourth-order valence-corrected chi connectivity index (χ4v) is 4.33. The highest BCUT2D eigenvalue weighted by Gasteiger charge is 2.39. The molecule has 0 bridgehead atoms. The molecule has 2 unspecified atom stereocenters. The lowest BCUT2D eigenvalue weighted by Gasteiger charge is -2.48. The highest BCUT2D eigenvalue weighted by atomic mass is 32.2. The Labute approximate surface area is 128 Å². The van der Waals surface area contributed by atoms with Crippen molar-refractivity contribution in [3.63, 3.8) is 0 Å². The van der Waals surface area contributed by atoms with Crippen LogP contribution in [0.1, 0.15) is 30.9 Å². The zero-order valence-corrected chi connectivity index (χ0v) is 13.9. The predicted molar refractivity (Wildman–Crippen MR) is 90.5 cm³/mol. The molecule has 20 heavy (non-hydrogen) atoms. The van der Waals surface area contributed by atoms with Crippen LogP contribution in [0.15, 0.2) is 24.3 Å². The van der Waals surface area contributed by atoms with Crippen molar-refractivity contribution < 1.29 is 0 Å². The van der Waals surface area contributed by atoms with Crippen LogP contribution in [0.2, 0.25) is 0 Å². The Hall–Kier alpha value is -0.510. The summed E-state index contributed by atoms with van der Waals surface area (Å²) >= 11 is 1.94. The number of nitrogens with zero attached hydrogens (tertiary/aromatic N) is 1. The van der Waals surface area contributed by atoms with Crippen molar-refractivity contribution in [2.45, 2.75) is 44.2 Å². The van der Waals surface area contributed by atoms with Crippen molar-refractivity contribution in [1.29, 1.82) is 0 Å². The van der Waals surface area contributed by atoms with Crippen LogP contribution in [-0.2, 0) is 12.8 Å². The summed E-state index contributed by atoms with van der Waals surface area (Å²) in [7, 11) is 2.28. The Balaban J connectivity index is 2.23. The molecular formula is C17H28N2S. The minimum Gasteiger partial charge on any atom is -0.329 e. The lowest BCUT2D eigenvalue weighted by Crippen LogP contribution is -2.59. The maximum Gasteiger partial charge on any atom is 0.0375 e. The standard InChI is InChI=1S/C17H28N2S/c1-4-16(12-20-3)19(2)17(13-18)10-9-14-7-5-6-8-15(14)11-17/h5-8,16H,4,9-13,18H2,1-3H3. The molecule has 2 N–H and O–H groups in total. The molecule has 0 spiro atoms. The van der Waals surface area contributed by atoms with Gasteiger partial charge in [0.25, 0.3) is 0 Å². The van der Waals surface area contributed by atoms with Gasteiger partial charge in [-0.2, -0.15) is 11.8 Å². The first kappa shape index (κ1) is 15.9. The maximum atomic E-state index is 6.24. The van der Waals surface area contributed by atoms with Gasteiger partial charge in [-0.1, -0.05) is 31.2 Å². The zero-order chi connectivity index (χ0) is 14.6. The van der Waals surface area contributed by atoms with E-state index in [0.29, 0.717) is 6.04 Å². The number of thioether (sulfide) groups is 1. The van der Waals surface area contributed by atoms with Gasteiger partial charge in [0.05, 0.1) is 0 Å². The van der Waals surface area contributed by atoms with E-state index in [4.69, 9.17) is 5.73 Å². The van der Waals surface area contributed by atoms with E-state index in [1.165, 1.54) is 29.7 Å². The summed E-state index contributed by atoms with van der Waals surface area (Å²) in [6.07, 6.45) is 6.83. The molecule has 0 aromatic heterocycles. The minimum atomic E-state index is 0.144. The van der Waals surface area contributed by atoms with Crippen LogP contribution in [-0.4, -0.2) is 42.1 Å². The van der Waals surface area contributed by atoms with Crippen LogP contribution in [0.5, 0.6) is 0 Å². The number of hydrogen-bond acceptors (Lipinski definition) is 3. The number of nitrogens with two attached hydrogens (primary N) is 1. The Kier molecular flexibility index (Phi) is 5.53. The smallest absolute Gasteiger partial charge is 0.0375 e. The van der Waals surface area contributed by atoms with Gasteiger partial charge in [0.15, 0.2) is 0 Å². The van der Waals surface area contributed by atoms with E-state index in [-0.39, 0.29) is 5.54 Å². The highest BCUT2D eigenvalue weighted by molar-refractivity contribution is 7.98. The van der Waals surface area contributed by atoms with E-state index >= 15 is 0 Å². The van der Waals surface area contributed by atoms with E-state index in [2.05, 4.69) is 49.4 Å². The number of hydrogen-bond donors (Lipinski definition) is 1. The average molecular weight is 292 g/mol. The molecule has 3 heteroatoms. The first-order valence-corrected chi connectivity index (χ1v) is 9.05. The van der Waals surface area contributed by atoms with E-state index in [1.807, 2.05) is 11.8 Å². The first-order chi connectivity index (χ1) is 9.66. The summed E-state index contributed by atoms with van der Waals surface area (Å²) in [5.41, 5.74) is 9.39. The molecule has 1 aromatic rings. The molecular weight excluding hydrogens is 264 g/mol. The molecule has 1 aliphatic carbocycles. The Bertz CT molecular complexity index is 435. The average Bonchev–Trinajstić information content (AvgIpc) is 2.51. The third-order valence-corrected chi connectivity index (χ3v) is 5.72. The summed E-state index contributed by atoms with van der Waals surface area (Å²) in [6, 6.07) is 9.49. The number of aryl methyl sites for hydroxylation is 1. The van der Waals surface area contributed by atoms with Gasteiger partial charge in [-0.05, 0) is 50.1 Å². The SMILES string of the molecule is CCC(CSC)N(C)C1(CN)CCc2ccccc2C1. The van der Waals surface area contributed by atoms with E-state index in [9.17, 15) is 0 Å². The van der Waals surface area contributed by atoms with Crippen LogP contribution in [0.25, 0.3) is 0 Å². The summed E-state index contributed by atoms with van der Waals surface area (Å²) in [6.45, 7) is 3.04. The third-order valence-electron chi connectivity index (χ3n) is 5.00. The van der Waals surface area contributed by atoms with Crippen LogP contribution < -0.4 is 5.73 Å². The predicted octanol–water partition coefficient (Wildman–Crippen LogP) is 2.95. The van der Waals surface area contributed by atoms with E-state index < -0.39 is 0 Å². The zero-order valence-electron chi connectivity index (χ0n) is 13.1. The molecule has 2 nitrogen and oxygen atoms in total. The van der Waals surface area contributed by atoms with Crippen LogP contribution in [0.3, 0.4) is 0 Å². The fraction of sp³-hybridized carbons (Fsp3) is 0.647. The van der Waals surface area contributed by atoms with Gasteiger partial charge in [-0.15, -0.1) is 0 Å². The molecule has 0 fully saturated rings. The largest absolute Gasteiger partial charge is 0.329 e. The van der Waals surface area contributed by atoms with Crippen LogP contribution >= 0.6 is 11.8 Å².